The minimum atomic E-state index is 1.04. The van der Waals surface area contributed by atoms with Crippen LogP contribution >= 0.6 is 27.3 Å². The molecule has 78 valence electrons. The van der Waals surface area contributed by atoms with Gasteiger partial charge in [0, 0.05) is 22.0 Å². The summed E-state index contributed by atoms with van der Waals surface area (Å²) in [6.45, 7) is 2.04. The van der Waals surface area contributed by atoms with Crippen molar-refractivity contribution in [3.8, 4) is 0 Å². The average Bonchev–Trinajstić information content (AvgIpc) is 2.64. The minimum Gasteiger partial charge on any atom is -0.247 e. The Hall–Kier alpha value is -0.670. The van der Waals surface area contributed by atoms with Gasteiger partial charge in [-0.2, -0.15) is 0 Å². The summed E-state index contributed by atoms with van der Waals surface area (Å²) in [6, 6.07) is 8.49. The Morgan fingerprint density at radius 3 is 2.53 bits per heavy atom. The van der Waals surface area contributed by atoms with Gasteiger partial charge in [0.2, 0.25) is 0 Å². The Morgan fingerprint density at radius 1 is 1.20 bits per heavy atom. The predicted octanol–water partition coefficient (Wildman–Crippen LogP) is 4.00. The highest BCUT2D eigenvalue weighted by atomic mass is 79.9. The molecule has 0 bridgehead atoms. The van der Waals surface area contributed by atoms with E-state index in [0.29, 0.717) is 0 Å². The molecule has 0 atom stereocenters. The summed E-state index contributed by atoms with van der Waals surface area (Å²) in [5, 5.41) is 3.34. The van der Waals surface area contributed by atoms with E-state index in [-0.39, 0.29) is 0 Å². The molecule has 0 saturated carbocycles. The van der Waals surface area contributed by atoms with Crippen LogP contribution in [0.15, 0.2) is 34.1 Å². The Labute approximate surface area is 102 Å². The number of hydrogen-bond donors (Lipinski definition) is 0. The topological polar surface area (TPSA) is 12.9 Å². The van der Waals surface area contributed by atoms with Gasteiger partial charge < -0.3 is 0 Å². The molecule has 1 aromatic heterocycles. The number of halogens is 1. The summed E-state index contributed by atoms with van der Waals surface area (Å²) in [5.74, 6) is 0. The Kier molecular flexibility index (Phi) is 3.54. The van der Waals surface area contributed by atoms with E-state index in [9.17, 15) is 0 Å². The van der Waals surface area contributed by atoms with Gasteiger partial charge in [0.1, 0.15) is 0 Å². The summed E-state index contributed by atoms with van der Waals surface area (Å²) in [6.07, 6.45) is 2.11. The highest BCUT2D eigenvalue weighted by Gasteiger charge is 1.99. The standard InChI is InChI=1S/C12H12BrNS/c1-9-8-15-12(14-9)7-4-10-2-5-11(13)6-3-10/h2-3,5-6,8H,4,7H2,1H3. The highest BCUT2D eigenvalue weighted by Crippen LogP contribution is 2.14. The largest absolute Gasteiger partial charge is 0.247 e. The number of aryl methyl sites for hydroxylation is 3. The molecule has 1 nitrogen and oxygen atoms in total. The van der Waals surface area contributed by atoms with Crippen molar-refractivity contribution in [2.75, 3.05) is 0 Å². The lowest BCUT2D eigenvalue weighted by atomic mass is 10.1. The number of rotatable bonds is 3. The van der Waals surface area contributed by atoms with Crippen LogP contribution in [0.5, 0.6) is 0 Å². The van der Waals surface area contributed by atoms with Crippen molar-refractivity contribution in [1.29, 1.82) is 0 Å². The molecule has 0 aliphatic carbocycles. The van der Waals surface area contributed by atoms with Crippen LogP contribution < -0.4 is 0 Å². The van der Waals surface area contributed by atoms with E-state index in [0.717, 1.165) is 23.0 Å². The average molecular weight is 282 g/mol. The van der Waals surface area contributed by atoms with Crippen molar-refractivity contribution < 1.29 is 0 Å². The lowest BCUT2D eigenvalue weighted by Crippen LogP contribution is -1.90. The monoisotopic (exact) mass is 281 g/mol. The van der Waals surface area contributed by atoms with Crippen LogP contribution in [0.2, 0.25) is 0 Å². The molecular weight excluding hydrogens is 270 g/mol. The number of benzene rings is 1. The second-order valence-corrected chi connectivity index (χ2v) is 5.37. The van der Waals surface area contributed by atoms with Gasteiger partial charge in [0.25, 0.3) is 0 Å². The number of aromatic nitrogens is 1. The van der Waals surface area contributed by atoms with Crippen molar-refractivity contribution in [1.82, 2.24) is 4.98 Å². The molecule has 0 amide bonds. The van der Waals surface area contributed by atoms with Crippen molar-refractivity contribution in [2.45, 2.75) is 19.8 Å². The lowest BCUT2D eigenvalue weighted by molar-refractivity contribution is 0.936. The maximum atomic E-state index is 4.45. The molecule has 0 unspecified atom stereocenters. The zero-order valence-electron chi connectivity index (χ0n) is 8.53. The van der Waals surface area contributed by atoms with Crippen LogP contribution in [0, 0.1) is 6.92 Å². The fourth-order valence-corrected chi connectivity index (χ4v) is 2.46. The number of thiazole rings is 1. The van der Waals surface area contributed by atoms with E-state index in [1.165, 1.54) is 10.6 Å². The van der Waals surface area contributed by atoms with Crippen LogP contribution in [0.3, 0.4) is 0 Å². The third-order valence-electron chi connectivity index (χ3n) is 2.21. The van der Waals surface area contributed by atoms with Gasteiger partial charge in [-0.25, -0.2) is 4.98 Å². The van der Waals surface area contributed by atoms with Gasteiger partial charge in [-0.1, -0.05) is 28.1 Å². The fourth-order valence-electron chi connectivity index (χ4n) is 1.42. The summed E-state index contributed by atoms with van der Waals surface area (Å²) < 4.78 is 1.14. The second-order valence-electron chi connectivity index (χ2n) is 3.51. The number of hydrogen-bond acceptors (Lipinski definition) is 2. The third-order valence-corrected chi connectivity index (χ3v) is 3.76. The first-order valence-corrected chi connectivity index (χ1v) is 6.57. The van der Waals surface area contributed by atoms with Gasteiger partial charge in [0.15, 0.2) is 0 Å². The molecule has 0 fully saturated rings. The van der Waals surface area contributed by atoms with Crippen LogP contribution in [-0.4, -0.2) is 4.98 Å². The van der Waals surface area contributed by atoms with E-state index in [1.807, 2.05) is 6.92 Å². The summed E-state index contributed by atoms with van der Waals surface area (Å²) >= 11 is 5.19. The van der Waals surface area contributed by atoms with Crippen LogP contribution in [0.4, 0.5) is 0 Å². The first-order valence-electron chi connectivity index (χ1n) is 4.89. The molecule has 0 saturated heterocycles. The molecule has 0 spiro atoms. The molecule has 0 radical (unpaired) electrons. The normalized spacial score (nSPS) is 10.5. The molecule has 0 aliphatic rings. The van der Waals surface area contributed by atoms with Crippen molar-refractivity contribution in [2.24, 2.45) is 0 Å². The molecule has 1 heterocycles. The first kappa shape index (κ1) is 10.8. The van der Waals surface area contributed by atoms with Gasteiger partial charge in [-0.3, -0.25) is 0 Å². The minimum absolute atomic E-state index is 1.04. The lowest BCUT2D eigenvalue weighted by Gasteiger charge is -1.99. The van der Waals surface area contributed by atoms with Gasteiger partial charge in [0.05, 0.1) is 5.01 Å². The van der Waals surface area contributed by atoms with E-state index in [2.05, 4.69) is 50.6 Å². The van der Waals surface area contributed by atoms with Gasteiger partial charge in [-0.05, 0) is 31.0 Å². The van der Waals surface area contributed by atoms with Gasteiger partial charge >= 0.3 is 0 Å². The highest BCUT2D eigenvalue weighted by molar-refractivity contribution is 9.10. The zero-order valence-corrected chi connectivity index (χ0v) is 10.9. The molecule has 1 aromatic carbocycles. The maximum absolute atomic E-state index is 4.45. The number of nitrogens with zero attached hydrogens (tertiary/aromatic N) is 1. The SMILES string of the molecule is Cc1csc(CCc2ccc(Br)cc2)n1. The quantitative estimate of drug-likeness (QED) is 0.829. The second kappa shape index (κ2) is 4.90. The van der Waals surface area contributed by atoms with Crippen molar-refractivity contribution >= 4 is 27.3 Å². The Morgan fingerprint density at radius 2 is 1.93 bits per heavy atom. The van der Waals surface area contributed by atoms with Crippen LogP contribution in [0.1, 0.15) is 16.3 Å². The first-order chi connectivity index (χ1) is 7.24. The van der Waals surface area contributed by atoms with Crippen molar-refractivity contribution in [3.63, 3.8) is 0 Å². The molecule has 15 heavy (non-hydrogen) atoms. The third kappa shape index (κ3) is 3.14. The van der Waals surface area contributed by atoms with Crippen LogP contribution in [-0.2, 0) is 12.8 Å². The van der Waals surface area contributed by atoms with E-state index in [1.54, 1.807) is 11.3 Å². The zero-order chi connectivity index (χ0) is 10.7. The summed E-state index contributed by atoms with van der Waals surface area (Å²) in [4.78, 5) is 4.45. The van der Waals surface area contributed by atoms with E-state index >= 15 is 0 Å². The smallest absolute Gasteiger partial charge is 0.0931 e. The molecule has 0 N–H and O–H groups in total. The Bertz CT molecular complexity index is 433. The van der Waals surface area contributed by atoms with Crippen LogP contribution in [0.25, 0.3) is 0 Å². The summed E-state index contributed by atoms with van der Waals surface area (Å²) in [7, 11) is 0. The van der Waals surface area contributed by atoms with Crippen molar-refractivity contribution in [3.05, 3.63) is 50.4 Å². The predicted molar refractivity (Wildman–Crippen MR) is 68.4 cm³/mol. The summed E-state index contributed by atoms with van der Waals surface area (Å²) in [5.41, 5.74) is 2.50. The van der Waals surface area contributed by atoms with E-state index in [4.69, 9.17) is 0 Å². The molecule has 0 aliphatic heterocycles. The van der Waals surface area contributed by atoms with E-state index < -0.39 is 0 Å². The molecule has 2 aromatic rings. The fraction of sp³-hybridized carbons (Fsp3) is 0.250. The Balaban J connectivity index is 1.96. The molecule has 3 heteroatoms. The maximum Gasteiger partial charge on any atom is 0.0931 e. The molecular formula is C12H12BrNS. The van der Waals surface area contributed by atoms with Gasteiger partial charge in [-0.15, -0.1) is 11.3 Å². The molecule has 2 rings (SSSR count).